The highest BCUT2D eigenvalue weighted by Crippen LogP contribution is 2.38. The molecule has 2 bridgehead atoms. The Morgan fingerprint density at radius 1 is 0.688 bits per heavy atom. The molecule has 0 spiro atoms. The number of aliphatic hydroxyl groups is 8. The van der Waals surface area contributed by atoms with Gasteiger partial charge in [0.25, 0.3) is 0 Å². The second-order valence-electron chi connectivity index (χ2n) is 17.8. The van der Waals surface area contributed by atoms with Crippen LogP contribution in [0.15, 0.2) is 85.1 Å². The maximum Gasteiger partial charge on any atom is 0.311 e. The van der Waals surface area contributed by atoms with Crippen LogP contribution < -0.4 is 5.73 Å². The van der Waals surface area contributed by atoms with Gasteiger partial charge in [0.1, 0.15) is 18.1 Å². The van der Waals surface area contributed by atoms with Crippen LogP contribution in [0.25, 0.3) is 0 Å². The van der Waals surface area contributed by atoms with Gasteiger partial charge in [0.05, 0.1) is 61.4 Å². The van der Waals surface area contributed by atoms with Crippen LogP contribution in [0.3, 0.4) is 0 Å². The highest BCUT2D eigenvalue weighted by molar-refractivity contribution is 5.71. The van der Waals surface area contributed by atoms with E-state index in [1.807, 2.05) is 62.5 Å². The van der Waals surface area contributed by atoms with Gasteiger partial charge < -0.3 is 70.6 Å². The molecule has 18 atom stereocenters. The lowest BCUT2D eigenvalue weighted by Crippen LogP contribution is -2.58. The number of aliphatic hydroxyl groups excluding tert-OH is 7. The first-order valence-corrected chi connectivity index (χ1v) is 22.6. The number of hydrogen-bond donors (Lipinski definition) is 10. The fraction of sp³-hybridized carbons (Fsp3) is 0.667. The topological polar surface area (TPSA) is 279 Å². The van der Waals surface area contributed by atoms with E-state index < -0.39 is 122 Å². The van der Waals surface area contributed by atoms with Gasteiger partial charge in [-0.05, 0) is 32.6 Å². The standard InChI is InChI=1S/C48H75NO15/c1-29-20-16-14-12-10-8-6-7-9-11-13-15-17-22-36(63-47-45(57)43(49)30(2)32(4)62-47)26-40-42(46(58)59)39(54)28-48(60,64-40)27-35(51)24-38(53)37(52)23-19-18-21-34(50)25-41(55)61-33(5)31(3)44(29)56/h6-17,20,22,29-40,42-45,47,50-54,56-57,60H,18-19,21,23-28,49H2,1-5H3,(H,58,59)/b7-6+,10-8+,11-9+,14-12+,15-13+,20-16+,22-17+/t29-,30?,31-,32?,33-,34+,35-,36-,37+,38+,39-,40?,42+,43?,44+,45?,47?,48+/m0/s1. The third kappa shape index (κ3) is 18.1. The molecule has 0 aromatic rings. The minimum absolute atomic E-state index is 0.0951. The number of nitrogens with two attached hydrogens (primary N) is 1. The zero-order valence-electron chi connectivity index (χ0n) is 37.8. The van der Waals surface area contributed by atoms with Crippen LogP contribution in [0.5, 0.6) is 0 Å². The highest BCUT2D eigenvalue weighted by atomic mass is 16.7. The summed E-state index contributed by atoms with van der Waals surface area (Å²) in [5.74, 6) is -6.60. The zero-order chi connectivity index (χ0) is 47.6. The number of carbonyl (C=O) groups excluding carboxylic acids is 1. The second-order valence-corrected chi connectivity index (χ2v) is 17.8. The molecule has 0 aromatic carbocycles. The van der Waals surface area contributed by atoms with Crippen LogP contribution in [0.1, 0.15) is 92.4 Å². The van der Waals surface area contributed by atoms with Gasteiger partial charge in [-0.3, -0.25) is 9.59 Å². The van der Waals surface area contributed by atoms with E-state index in [9.17, 15) is 55.5 Å². The zero-order valence-corrected chi connectivity index (χ0v) is 37.8. The Morgan fingerprint density at radius 3 is 1.84 bits per heavy atom. The average Bonchev–Trinajstić information content (AvgIpc) is 3.21. The molecule has 0 aliphatic carbocycles. The second kappa shape index (κ2) is 27.3. The van der Waals surface area contributed by atoms with Crippen molar-refractivity contribution in [1.82, 2.24) is 0 Å². The molecule has 6 unspecified atom stereocenters. The van der Waals surface area contributed by atoms with Crippen LogP contribution in [-0.4, -0.2) is 143 Å². The number of esters is 1. The summed E-state index contributed by atoms with van der Waals surface area (Å²) in [6, 6.07) is -0.690. The Kier molecular flexibility index (Phi) is 23.5. The third-order valence-corrected chi connectivity index (χ3v) is 12.4. The first-order valence-electron chi connectivity index (χ1n) is 22.6. The fourth-order valence-corrected chi connectivity index (χ4v) is 8.08. The minimum Gasteiger partial charge on any atom is -0.481 e. The van der Waals surface area contributed by atoms with E-state index in [0.717, 1.165) is 0 Å². The normalized spacial score (nSPS) is 44.8. The van der Waals surface area contributed by atoms with Crippen LogP contribution >= 0.6 is 0 Å². The van der Waals surface area contributed by atoms with Crippen molar-refractivity contribution in [3.8, 4) is 0 Å². The van der Waals surface area contributed by atoms with E-state index in [-0.39, 0.29) is 43.6 Å². The first-order chi connectivity index (χ1) is 30.2. The number of rotatable bonds is 3. The number of hydrogen-bond acceptors (Lipinski definition) is 15. The Balaban J connectivity index is 1.84. The van der Waals surface area contributed by atoms with Crippen molar-refractivity contribution in [2.24, 2.45) is 29.4 Å². The summed E-state index contributed by atoms with van der Waals surface area (Å²) in [5.41, 5.74) is 6.27. The van der Waals surface area contributed by atoms with Gasteiger partial charge in [-0.2, -0.15) is 0 Å². The summed E-state index contributed by atoms with van der Waals surface area (Å²) >= 11 is 0. The maximum atomic E-state index is 12.6. The Hall–Kier alpha value is -3.36. The number of carboxylic acids is 1. The number of carboxylic acid groups (broad SMARTS) is 1. The molecule has 3 aliphatic heterocycles. The molecule has 0 aromatic heterocycles. The molecule has 11 N–H and O–H groups in total. The third-order valence-electron chi connectivity index (χ3n) is 12.4. The monoisotopic (exact) mass is 906 g/mol. The van der Waals surface area contributed by atoms with Gasteiger partial charge in [0, 0.05) is 43.6 Å². The molecule has 0 saturated carbocycles. The maximum absolute atomic E-state index is 12.6. The first kappa shape index (κ1) is 55.0. The molecule has 362 valence electrons. The molecule has 2 fully saturated rings. The molecule has 16 heteroatoms. The molecule has 0 radical (unpaired) electrons. The predicted octanol–water partition coefficient (Wildman–Crippen LogP) is 3.02. The van der Waals surface area contributed by atoms with E-state index in [2.05, 4.69) is 0 Å². The smallest absolute Gasteiger partial charge is 0.311 e. The molecule has 16 nitrogen and oxygen atoms in total. The summed E-state index contributed by atoms with van der Waals surface area (Å²) in [5, 5.41) is 97.5. The van der Waals surface area contributed by atoms with Gasteiger partial charge in [-0.15, -0.1) is 0 Å². The lowest BCUT2D eigenvalue weighted by molar-refractivity contribution is -0.307. The van der Waals surface area contributed by atoms with E-state index in [4.69, 9.17) is 24.7 Å². The molecule has 0 amide bonds. The van der Waals surface area contributed by atoms with Gasteiger partial charge in [0.15, 0.2) is 12.1 Å². The molecule has 64 heavy (non-hydrogen) atoms. The summed E-state index contributed by atoms with van der Waals surface area (Å²) in [4.78, 5) is 25.1. The van der Waals surface area contributed by atoms with Gasteiger partial charge in [-0.1, -0.05) is 119 Å². The Bertz CT molecular complexity index is 1630. The van der Waals surface area contributed by atoms with Crippen molar-refractivity contribution in [1.29, 1.82) is 0 Å². The quantitative estimate of drug-likeness (QED) is 0.182. The van der Waals surface area contributed by atoms with Crippen molar-refractivity contribution < 1.29 is 74.5 Å². The molecule has 3 aliphatic rings. The highest BCUT2D eigenvalue weighted by Gasteiger charge is 2.51. The lowest BCUT2D eigenvalue weighted by atomic mass is 9.82. The molecule has 3 rings (SSSR count). The van der Waals surface area contributed by atoms with E-state index in [1.165, 1.54) is 0 Å². The summed E-state index contributed by atoms with van der Waals surface area (Å²) in [6.45, 7) is 8.97. The summed E-state index contributed by atoms with van der Waals surface area (Å²) in [7, 11) is 0. The number of allylic oxidation sites excluding steroid dienone is 12. The van der Waals surface area contributed by atoms with Crippen LogP contribution in [0.4, 0.5) is 0 Å². The van der Waals surface area contributed by atoms with Crippen molar-refractivity contribution in [2.45, 2.75) is 178 Å². The number of cyclic esters (lactones) is 1. The number of fused-ring (bicyclic) bond motifs is 2. The van der Waals surface area contributed by atoms with Crippen molar-refractivity contribution in [3.05, 3.63) is 85.1 Å². The average molecular weight is 906 g/mol. The van der Waals surface area contributed by atoms with E-state index in [1.54, 1.807) is 57.2 Å². The van der Waals surface area contributed by atoms with Crippen molar-refractivity contribution in [3.63, 3.8) is 0 Å². The molecular formula is C48H75NO15. The van der Waals surface area contributed by atoms with Gasteiger partial charge >= 0.3 is 11.9 Å². The minimum atomic E-state index is -2.25. The summed E-state index contributed by atoms with van der Waals surface area (Å²) < 4.78 is 23.6. The molecule has 3 heterocycles. The predicted molar refractivity (Wildman–Crippen MR) is 239 cm³/mol. The SMILES string of the molecule is CC1OC(O[C@H]2/C=C/C=C/C=C/C=C/C=C/C=C/C=C/[C@H](C)[C@@H](O)[C@@H](C)[C@H](C)OC(=O)C[C@H](O)CCCC[C@@H](O)[C@H](O)C[C@H](O)C[C@]3(O)C[C@H](O)[C@@H](C(=O)O)C(C2)O3)C(O)C(N)C1C. The van der Waals surface area contributed by atoms with E-state index in [0.29, 0.717) is 12.8 Å². The Morgan fingerprint density at radius 2 is 1.25 bits per heavy atom. The van der Waals surface area contributed by atoms with Crippen LogP contribution in [-0.2, 0) is 28.5 Å². The van der Waals surface area contributed by atoms with E-state index >= 15 is 0 Å². The molecular weight excluding hydrogens is 831 g/mol. The summed E-state index contributed by atoms with van der Waals surface area (Å²) in [6.07, 6.45) is 10.5. The number of ether oxygens (including phenoxy) is 4. The van der Waals surface area contributed by atoms with Gasteiger partial charge in [-0.25, -0.2) is 0 Å². The van der Waals surface area contributed by atoms with Crippen LogP contribution in [0.2, 0.25) is 0 Å². The van der Waals surface area contributed by atoms with Crippen molar-refractivity contribution in [2.75, 3.05) is 0 Å². The van der Waals surface area contributed by atoms with Gasteiger partial charge in [0.2, 0.25) is 0 Å². The van der Waals surface area contributed by atoms with Crippen LogP contribution in [0, 0.1) is 23.7 Å². The molecule has 2 saturated heterocycles. The number of carbonyl (C=O) groups is 2. The number of aliphatic carboxylic acids is 1. The lowest BCUT2D eigenvalue weighted by Gasteiger charge is -2.45. The largest absolute Gasteiger partial charge is 0.481 e. The van der Waals surface area contributed by atoms with Crippen molar-refractivity contribution >= 4 is 11.9 Å². The Labute approximate surface area is 377 Å². The fourth-order valence-electron chi connectivity index (χ4n) is 8.08.